The molecule has 1 aliphatic heterocycles. The summed E-state index contributed by atoms with van der Waals surface area (Å²) in [6, 6.07) is 8.48. The quantitative estimate of drug-likeness (QED) is 0.814. The second-order valence-corrected chi connectivity index (χ2v) is 6.58. The number of rotatable bonds is 5. The van der Waals surface area contributed by atoms with Gasteiger partial charge in [0.15, 0.2) is 0 Å². The Morgan fingerprint density at radius 3 is 2.71 bits per heavy atom. The third-order valence-corrected chi connectivity index (χ3v) is 4.64. The summed E-state index contributed by atoms with van der Waals surface area (Å²) in [7, 11) is 0. The smallest absolute Gasteiger partial charge is 0.319 e. The molecule has 1 aromatic heterocycles. The molecule has 1 fully saturated rings. The van der Waals surface area contributed by atoms with E-state index in [1.54, 1.807) is 24.5 Å². The molecule has 5 nitrogen and oxygen atoms in total. The van der Waals surface area contributed by atoms with Gasteiger partial charge in [0.2, 0.25) is 0 Å². The molecule has 2 N–H and O–H groups in total. The highest BCUT2D eigenvalue weighted by Gasteiger charge is 2.25. The lowest BCUT2D eigenvalue weighted by molar-refractivity contribution is 0.207. The van der Waals surface area contributed by atoms with Gasteiger partial charge in [0.05, 0.1) is 23.0 Å². The van der Waals surface area contributed by atoms with E-state index in [0.29, 0.717) is 22.3 Å². The van der Waals surface area contributed by atoms with Gasteiger partial charge in [0, 0.05) is 11.6 Å². The van der Waals surface area contributed by atoms with E-state index >= 15 is 0 Å². The minimum atomic E-state index is -0.310. The third kappa shape index (κ3) is 4.23. The Balaban J connectivity index is 1.60. The van der Waals surface area contributed by atoms with E-state index in [1.807, 2.05) is 12.1 Å². The van der Waals surface area contributed by atoms with Gasteiger partial charge in [0.1, 0.15) is 5.76 Å². The zero-order valence-electron chi connectivity index (χ0n) is 13.1. The first-order valence-electron chi connectivity index (χ1n) is 7.91. The molecule has 1 aromatic carbocycles. The molecule has 2 aromatic rings. The Bertz CT molecular complexity index is 685. The molecule has 0 aliphatic carbocycles. The van der Waals surface area contributed by atoms with Crippen LogP contribution in [0.2, 0.25) is 10.0 Å². The van der Waals surface area contributed by atoms with Crippen LogP contribution in [-0.4, -0.2) is 30.6 Å². The summed E-state index contributed by atoms with van der Waals surface area (Å²) >= 11 is 11.9. The van der Waals surface area contributed by atoms with Crippen LogP contribution >= 0.6 is 23.2 Å². The molecule has 128 valence electrons. The Kier molecular flexibility index (Phi) is 5.66. The predicted octanol–water partition coefficient (Wildman–Crippen LogP) is 4.55. The molecule has 2 heterocycles. The van der Waals surface area contributed by atoms with Crippen molar-refractivity contribution in [3.05, 3.63) is 52.4 Å². The van der Waals surface area contributed by atoms with E-state index in [0.717, 1.165) is 18.8 Å². The summed E-state index contributed by atoms with van der Waals surface area (Å²) in [6.07, 6.45) is 4.00. The number of carbonyl (C=O) groups excluding carboxylic acids is 1. The molecule has 0 saturated carbocycles. The standard InChI is InChI=1S/C17H19Cl2N3O2/c18-12-5-6-14(13(19)10-12)21-17(23)20-11-15(16-4-3-9-24-16)22-7-1-2-8-22/h3-6,9-10,15H,1-2,7-8,11H2,(H2,20,21,23)/t15-/m0/s1. The lowest BCUT2D eigenvalue weighted by Gasteiger charge is -2.26. The third-order valence-electron chi connectivity index (χ3n) is 4.09. The molecule has 0 bridgehead atoms. The molecule has 1 aliphatic rings. The number of benzene rings is 1. The highest BCUT2D eigenvalue weighted by molar-refractivity contribution is 6.36. The Hall–Kier alpha value is -1.69. The molecule has 1 saturated heterocycles. The van der Waals surface area contributed by atoms with Crippen LogP contribution in [0, 0.1) is 0 Å². The van der Waals surface area contributed by atoms with Crippen LogP contribution in [0.25, 0.3) is 0 Å². The molecule has 0 radical (unpaired) electrons. The van der Waals surface area contributed by atoms with Crippen molar-refractivity contribution >= 4 is 34.9 Å². The van der Waals surface area contributed by atoms with Crippen molar-refractivity contribution in [2.24, 2.45) is 0 Å². The van der Waals surface area contributed by atoms with Crippen molar-refractivity contribution in [2.75, 3.05) is 25.0 Å². The van der Waals surface area contributed by atoms with Crippen LogP contribution in [0.4, 0.5) is 10.5 Å². The summed E-state index contributed by atoms with van der Waals surface area (Å²) in [5.41, 5.74) is 0.522. The number of hydrogen-bond acceptors (Lipinski definition) is 3. The molecule has 24 heavy (non-hydrogen) atoms. The molecule has 1 atom stereocenters. The topological polar surface area (TPSA) is 57.5 Å². The first-order chi connectivity index (χ1) is 11.6. The molecule has 0 unspecified atom stereocenters. The lowest BCUT2D eigenvalue weighted by Crippen LogP contribution is -2.38. The van der Waals surface area contributed by atoms with Crippen LogP contribution < -0.4 is 10.6 Å². The average Bonchev–Trinajstić information content (AvgIpc) is 3.24. The van der Waals surface area contributed by atoms with Gasteiger partial charge in [-0.25, -0.2) is 4.79 Å². The fraction of sp³-hybridized carbons (Fsp3) is 0.353. The number of halogens is 2. The normalized spacial score (nSPS) is 16.1. The maximum Gasteiger partial charge on any atom is 0.319 e. The zero-order chi connectivity index (χ0) is 16.9. The summed E-state index contributed by atoms with van der Waals surface area (Å²) in [6.45, 7) is 2.49. The van der Waals surface area contributed by atoms with Gasteiger partial charge in [-0.2, -0.15) is 0 Å². The Labute approximate surface area is 150 Å². The van der Waals surface area contributed by atoms with Gasteiger partial charge in [-0.3, -0.25) is 4.90 Å². The van der Waals surface area contributed by atoms with Crippen LogP contribution in [0.3, 0.4) is 0 Å². The number of nitrogens with zero attached hydrogens (tertiary/aromatic N) is 1. The van der Waals surface area contributed by atoms with Gasteiger partial charge in [-0.1, -0.05) is 23.2 Å². The molecule has 3 rings (SSSR count). The largest absolute Gasteiger partial charge is 0.468 e. The van der Waals surface area contributed by atoms with E-state index in [-0.39, 0.29) is 12.1 Å². The number of furan rings is 1. The number of likely N-dealkylation sites (tertiary alicyclic amines) is 1. The summed E-state index contributed by atoms with van der Waals surface area (Å²) < 4.78 is 5.54. The summed E-state index contributed by atoms with van der Waals surface area (Å²) in [4.78, 5) is 14.5. The van der Waals surface area contributed by atoms with Crippen LogP contribution in [0.1, 0.15) is 24.6 Å². The van der Waals surface area contributed by atoms with Crippen molar-refractivity contribution in [3.63, 3.8) is 0 Å². The van der Waals surface area contributed by atoms with Gasteiger partial charge in [-0.05, 0) is 56.3 Å². The van der Waals surface area contributed by atoms with Crippen LogP contribution in [-0.2, 0) is 0 Å². The first-order valence-corrected chi connectivity index (χ1v) is 8.66. The van der Waals surface area contributed by atoms with E-state index in [4.69, 9.17) is 27.6 Å². The number of hydrogen-bond donors (Lipinski definition) is 2. The molecule has 0 spiro atoms. The molecule has 2 amide bonds. The zero-order valence-corrected chi connectivity index (χ0v) is 14.6. The average molecular weight is 368 g/mol. The monoisotopic (exact) mass is 367 g/mol. The Morgan fingerprint density at radius 2 is 2.04 bits per heavy atom. The number of nitrogens with one attached hydrogen (secondary N) is 2. The highest BCUT2D eigenvalue weighted by Crippen LogP contribution is 2.26. The minimum absolute atomic E-state index is 0.0361. The summed E-state index contributed by atoms with van der Waals surface area (Å²) in [5, 5.41) is 6.56. The molecule has 7 heteroatoms. The van der Waals surface area contributed by atoms with Gasteiger partial charge in [0.25, 0.3) is 0 Å². The maximum atomic E-state index is 12.2. The van der Waals surface area contributed by atoms with E-state index in [2.05, 4.69) is 15.5 Å². The van der Waals surface area contributed by atoms with E-state index in [1.165, 1.54) is 12.8 Å². The van der Waals surface area contributed by atoms with Gasteiger partial charge >= 0.3 is 6.03 Å². The fourth-order valence-corrected chi connectivity index (χ4v) is 3.35. The maximum absolute atomic E-state index is 12.2. The van der Waals surface area contributed by atoms with Gasteiger partial charge in [-0.15, -0.1) is 0 Å². The van der Waals surface area contributed by atoms with Crippen molar-refractivity contribution < 1.29 is 9.21 Å². The molecular weight excluding hydrogens is 349 g/mol. The van der Waals surface area contributed by atoms with Crippen LogP contribution in [0.5, 0.6) is 0 Å². The van der Waals surface area contributed by atoms with Crippen molar-refractivity contribution in [1.29, 1.82) is 0 Å². The van der Waals surface area contributed by atoms with E-state index in [9.17, 15) is 4.79 Å². The SMILES string of the molecule is O=C(NC[C@@H](c1ccco1)N1CCCC1)Nc1ccc(Cl)cc1Cl. The van der Waals surface area contributed by atoms with Crippen molar-refractivity contribution in [2.45, 2.75) is 18.9 Å². The second-order valence-electron chi connectivity index (χ2n) is 5.73. The number of urea groups is 1. The first kappa shape index (κ1) is 17.1. The second kappa shape index (κ2) is 7.92. The predicted molar refractivity (Wildman–Crippen MR) is 95.7 cm³/mol. The van der Waals surface area contributed by atoms with Crippen molar-refractivity contribution in [3.8, 4) is 0 Å². The van der Waals surface area contributed by atoms with Gasteiger partial charge < -0.3 is 15.1 Å². The highest BCUT2D eigenvalue weighted by atomic mass is 35.5. The van der Waals surface area contributed by atoms with E-state index < -0.39 is 0 Å². The van der Waals surface area contributed by atoms with Crippen molar-refractivity contribution in [1.82, 2.24) is 10.2 Å². The fourth-order valence-electron chi connectivity index (χ4n) is 2.89. The number of carbonyl (C=O) groups is 1. The lowest BCUT2D eigenvalue weighted by atomic mass is 10.2. The number of anilines is 1. The Morgan fingerprint density at radius 1 is 1.25 bits per heavy atom. The van der Waals surface area contributed by atoms with Crippen LogP contribution in [0.15, 0.2) is 41.0 Å². The minimum Gasteiger partial charge on any atom is -0.468 e. The summed E-state index contributed by atoms with van der Waals surface area (Å²) in [5.74, 6) is 0.863. The number of amides is 2. The molecular formula is C17H19Cl2N3O2.